The Hall–Kier alpha value is -1.87. The molecule has 0 fully saturated rings. The molecule has 0 unspecified atom stereocenters. The highest BCUT2D eigenvalue weighted by Gasteiger charge is 2.04. The molecule has 0 aliphatic rings. The monoisotopic (exact) mass is 298 g/mol. The first kappa shape index (κ1) is 16.5. The fraction of sp³-hybridized carbons (Fsp3) is 0.421. The van der Waals surface area contributed by atoms with Gasteiger partial charge in [-0.25, -0.2) is 0 Å². The molecule has 0 atom stereocenters. The number of hydrogen-bond donors (Lipinski definition) is 1. The molecule has 1 aromatic carbocycles. The third-order valence-electron chi connectivity index (χ3n) is 3.68. The van der Waals surface area contributed by atoms with Crippen molar-refractivity contribution < 1.29 is 4.74 Å². The Morgan fingerprint density at radius 3 is 2.45 bits per heavy atom. The van der Waals surface area contributed by atoms with Crippen molar-refractivity contribution in [1.82, 2.24) is 10.3 Å². The SMILES string of the molecule is CCCCNCc1ccc(-c2ccc(OCC)cc2)nc1C. The second-order valence-electron chi connectivity index (χ2n) is 5.43. The van der Waals surface area contributed by atoms with Crippen molar-refractivity contribution in [2.45, 2.75) is 40.2 Å². The molecule has 3 nitrogen and oxygen atoms in total. The highest BCUT2D eigenvalue weighted by Crippen LogP contribution is 2.22. The first-order chi connectivity index (χ1) is 10.7. The molecule has 3 heteroatoms. The van der Waals surface area contributed by atoms with Gasteiger partial charge in [-0.3, -0.25) is 4.98 Å². The van der Waals surface area contributed by atoms with E-state index in [4.69, 9.17) is 9.72 Å². The number of rotatable bonds is 8. The molecule has 0 saturated carbocycles. The smallest absolute Gasteiger partial charge is 0.119 e. The molecule has 0 saturated heterocycles. The van der Waals surface area contributed by atoms with Crippen LogP contribution in [0.1, 0.15) is 37.9 Å². The van der Waals surface area contributed by atoms with Crippen molar-refractivity contribution in [2.75, 3.05) is 13.2 Å². The molecule has 1 N–H and O–H groups in total. The van der Waals surface area contributed by atoms with Crippen LogP contribution >= 0.6 is 0 Å². The predicted octanol–water partition coefficient (Wildman–Crippen LogP) is 4.35. The van der Waals surface area contributed by atoms with Gasteiger partial charge in [0.05, 0.1) is 12.3 Å². The lowest BCUT2D eigenvalue weighted by molar-refractivity contribution is 0.340. The summed E-state index contributed by atoms with van der Waals surface area (Å²) in [5.41, 5.74) is 4.50. The van der Waals surface area contributed by atoms with Gasteiger partial charge >= 0.3 is 0 Å². The summed E-state index contributed by atoms with van der Waals surface area (Å²) in [5, 5.41) is 3.47. The summed E-state index contributed by atoms with van der Waals surface area (Å²) < 4.78 is 5.48. The number of benzene rings is 1. The normalized spacial score (nSPS) is 10.7. The summed E-state index contributed by atoms with van der Waals surface area (Å²) in [6.45, 7) is 8.93. The van der Waals surface area contributed by atoms with E-state index in [2.05, 4.69) is 43.4 Å². The first-order valence-corrected chi connectivity index (χ1v) is 8.15. The zero-order chi connectivity index (χ0) is 15.8. The van der Waals surface area contributed by atoms with Gasteiger partial charge < -0.3 is 10.1 Å². The molecular formula is C19H26N2O. The Morgan fingerprint density at radius 1 is 1.05 bits per heavy atom. The van der Waals surface area contributed by atoms with E-state index in [0.717, 1.165) is 35.8 Å². The first-order valence-electron chi connectivity index (χ1n) is 8.15. The van der Waals surface area contributed by atoms with Crippen molar-refractivity contribution in [2.24, 2.45) is 0 Å². The molecule has 118 valence electrons. The molecule has 0 radical (unpaired) electrons. The van der Waals surface area contributed by atoms with Gasteiger partial charge in [-0.2, -0.15) is 0 Å². The van der Waals surface area contributed by atoms with Crippen molar-refractivity contribution >= 4 is 0 Å². The number of aromatic nitrogens is 1. The van der Waals surface area contributed by atoms with Gasteiger partial charge in [0.1, 0.15) is 5.75 Å². The number of unbranched alkanes of at least 4 members (excludes halogenated alkanes) is 1. The van der Waals surface area contributed by atoms with Crippen molar-refractivity contribution in [3.05, 3.63) is 47.7 Å². The van der Waals surface area contributed by atoms with Crippen molar-refractivity contribution in [3.63, 3.8) is 0 Å². The molecule has 0 spiro atoms. The number of aryl methyl sites for hydroxylation is 1. The average Bonchev–Trinajstić information content (AvgIpc) is 2.54. The fourth-order valence-corrected chi connectivity index (χ4v) is 2.35. The zero-order valence-electron chi connectivity index (χ0n) is 13.9. The van der Waals surface area contributed by atoms with Gasteiger partial charge in [0.25, 0.3) is 0 Å². The molecule has 2 rings (SSSR count). The molecule has 2 aromatic rings. The number of pyridine rings is 1. The second-order valence-corrected chi connectivity index (χ2v) is 5.43. The Labute approximate surface area is 133 Å². The summed E-state index contributed by atoms with van der Waals surface area (Å²) in [6.07, 6.45) is 2.44. The van der Waals surface area contributed by atoms with Gasteiger partial charge in [0, 0.05) is 17.8 Å². The zero-order valence-corrected chi connectivity index (χ0v) is 13.9. The Morgan fingerprint density at radius 2 is 1.82 bits per heavy atom. The third kappa shape index (κ3) is 4.57. The van der Waals surface area contributed by atoms with Crippen LogP contribution in [0, 0.1) is 6.92 Å². The van der Waals surface area contributed by atoms with E-state index < -0.39 is 0 Å². The standard InChI is InChI=1S/C19H26N2O/c1-4-6-13-20-14-17-9-12-19(21-15(17)3)16-7-10-18(11-8-16)22-5-2/h7-12,20H,4-6,13-14H2,1-3H3. The van der Waals surface area contributed by atoms with Crippen molar-refractivity contribution in [1.29, 1.82) is 0 Å². The molecular weight excluding hydrogens is 272 g/mol. The topological polar surface area (TPSA) is 34.1 Å². The number of ether oxygens (including phenoxy) is 1. The minimum Gasteiger partial charge on any atom is -0.494 e. The van der Waals surface area contributed by atoms with Crippen LogP contribution in [0.2, 0.25) is 0 Å². The minimum atomic E-state index is 0.691. The molecule has 1 heterocycles. The van der Waals surface area contributed by atoms with Crippen LogP contribution in [0.25, 0.3) is 11.3 Å². The van der Waals surface area contributed by atoms with E-state index in [1.54, 1.807) is 0 Å². The van der Waals surface area contributed by atoms with Gasteiger partial charge in [-0.15, -0.1) is 0 Å². The maximum atomic E-state index is 5.48. The van der Waals surface area contributed by atoms with Crippen LogP contribution in [0.15, 0.2) is 36.4 Å². The highest BCUT2D eigenvalue weighted by molar-refractivity contribution is 5.60. The summed E-state index contributed by atoms with van der Waals surface area (Å²) >= 11 is 0. The number of nitrogens with zero attached hydrogens (tertiary/aromatic N) is 1. The van der Waals surface area contributed by atoms with Crippen LogP contribution in [0.5, 0.6) is 5.75 Å². The van der Waals surface area contributed by atoms with E-state index >= 15 is 0 Å². The molecule has 0 amide bonds. The summed E-state index contributed by atoms with van der Waals surface area (Å²) in [4.78, 5) is 4.74. The third-order valence-corrected chi connectivity index (χ3v) is 3.68. The van der Waals surface area contributed by atoms with E-state index in [0.29, 0.717) is 6.61 Å². The van der Waals surface area contributed by atoms with Gasteiger partial charge in [-0.1, -0.05) is 19.4 Å². The summed E-state index contributed by atoms with van der Waals surface area (Å²) in [5.74, 6) is 0.903. The molecule has 22 heavy (non-hydrogen) atoms. The Kier molecular flexibility index (Phi) is 6.41. The average molecular weight is 298 g/mol. The summed E-state index contributed by atoms with van der Waals surface area (Å²) in [6, 6.07) is 12.4. The fourth-order valence-electron chi connectivity index (χ4n) is 2.35. The van der Waals surface area contributed by atoms with Gasteiger partial charge in [0.2, 0.25) is 0 Å². The maximum absolute atomic E-state index is 5.48. The predicted molar refractivity (Wildman–Crippen MR) is 92.2 cm³/mol. The van der Waals surface area contributed by atoms with Crippen LogP contribution in [-0.4, -0.2) is 18.1 Å². The van der Waals surface area contributed by atoms with E-state index in [1.807, 2.05) is 19.1 Å². The minimum absolute atomic E-state index is 0.691. The lowest BCUT2D eigenvalue weighted by atomic mass is 10.1. The van der Waals surface area contributed by atoms with Gasteiger partial charge in [0.15, 0.2) is 0 Å². The van der Waals surface area contributed by atoms with Crippen LogP contribution < -0.4 is 10.1 Å². The van der Waals surface area contributed by atoms with E-state index in [9.17, 15) is 0 Å². The van der Waals surface area contributed by atoms with Crippen molar-refractivity contribution in [3.8, 4) is 17.0 Å². The lowest BCUT2D eigenvalue weighted by Crippen LogP contribution is -2.15. The van der Waals surface area contributed by atoms with E-state index in [1.165, 1.54) is 18.4 Å². The lowest BCUT2D eigenvalue weighted by Gasteiger charge is -2.10. The maximum Gasteiger partial charge on any atom is 0.119 e. The highest BCUT2D eigenvalue weighted by atomic mass is 16.5. The van der Waals surface area contributed by atoms with E-state index in [-0.39, 0.29) is 0 Å². The Balaban J connectivity index is 2.04. The number of nitrogens with one attached hydrogen (secondary N) is 1. The molecule has 0 aliphatic heterocycles. The molecule has 1 aromatic heterocycles. The van der Waals surface area contributed by atoms with Crippen LogP contribution in [0.3, 0.4) is 0 Å². The molecule has 0 aliphatic carbocycles. The van der Waals surface area contributed by atoms with Crippen LogP contribution in [-0.2, 0) is 6.54 Å². The van der Waals surface area contributed by atoms with Gasteiger partial charge in [-0.05, 0) is 62.7 Å². The molecule has 0 bridgehead atoms. The Bertz CT molecular complexity index is 578. The number of hydrogen-bond acceptors (Lipinski definition) is 3. The van der Waals surface area contributed by atoms with Crippen LogP contribution in [0.4, 0.5) is 0 Å². The largest absolute Gasteiger partial charge is 0.494 e. The summed E-state index contributed by atoms with van der Waals surface area (Å²) in [7, 11) is 0. The second kappa shape index (κ2) is 8.54. The quantitative estimate of drug-likeness (QED) is 0.736.